The highest BCUT2D eigenvalue weighted by molar-refractivity contribution is 7.10. The van der Waals surface area contributed by atoms with Crippen molar-refractivity contribution < 1.29 is 4.79 Å². The lowest BCUT2D eigenvalue weighted by atomic mass is 10.1. The van der Waals surface area contributed by atoms with Crippen molar-refractivity contribution in [2.45, 2.75) is 18.9 Å². The molecule has 4 nitrogen and oxygen atoms in total. The highest BCUT2D eigenvalue weighted by Gasteiger charge is 2.31. The zero-order valence-corrected chi connectivity index (χ0v) is 11.9. The van der Waals surface area contributed by atoms with Gasteiger partial charge in [-0.15, -0.1) is 11.3 Å². The Morgan fingerprint density at radius 3 is 2.65 bits per heavy atom. The Balaban J connectivity index is 1.89. The molecule has 0 radical (unpaired) electrons. The van der Waals surface area contributed by atoms with E-state index in [2.05, 4.69) is 11.4 Å². The van der Waals surface area contributed by atoms with Crippen molar-refractivity contribution in [2.24, 2.45) is 0 Å². The van der Waals surface area contributed by atoms with Crippen molar-refractivity contribution in [1.29, 1.82) is 0 Å². The van der Waals surface area contributed by atoms with E-state index >= 15 is 0 Å². The van der Waals surface area contributed by atoms with Gasteiger partial charge in [0.05, 0.1) is 6.04 Å². The largest absolute Gasteiger partial charge is 0.399 e. The molecule has 4 N–H and O–H groups in total. The maximum absolute atomic E-state index is 12.7. The molecule has 1 aromatic carbocycles. The molecule has 1 unspecified atom stereocenters. The van der Waals surface area contributed by atoms with Crippen LogP contribution in [0.1, 0.15) is 34.1 Å². The van der Waals surface area contributed by atoms with Gasteiger partial charge < -0.3 is 16.4 Å². The van der Waals surface area contributed by atoms with Gasteiger partial charge in [0.15, 0.2) is 0 Å². The topological polar surface area (TPSA) is 72.3 Å². The van der Waals surface area contributed by atoms with E-state index in [0.717, 1.165) is 19.4 Å². The molecule has 3 rings (SSSR count). The van der Waals surface area contributed by atoms with Crippen molar-refractivity contribution in [3.8, 4) is 0 Å². The molecular formula is C15H17N3OS. The summed E-state index contributed by atoms with van der Waals surface area (Å²) in [6.07, 6.45) is 2.05. The number of benzene rings is 1. The quantitative estimate of drug-likeness (QED) is 0.834. The Kier molecular flexibility index (Phi) is 3.36. The number of amides is 1. The molecule has 1 aliphatic rings. The molecule has 1 fully saturated rings. The number of thiophene rings is 1. The number of carbonyl (C=O) groups is 1. The number of nitrogen functional groups attached to an aromatic ring is 2. The van der Waals surface area contributed by atoms with Crippen LogP contribution in [-0.4, -0.2) is 17.4 Å². The van der Waals surface area contributed by atoms with Crippen LogP contribution in [0.15, 0.2) is 35.7 Å². The molecule has 1 saturated heterocycles. The molecule has 1 amide bonds. The first kappa shape index (κ1) is 13.0. The Morgan fingerprint density at radius 2 is 2.00 bits per heavy atom. The molecule has 1 atom stereocenters. The number of rotatable bonds is 2. The number of anilines is 2. The van der Waals surface area contributed by atoms with E-state index in [0.29, 0.717) is 16.9 Å². The summed E-state index contributed by atoms with van der Waals surface area (Å²) in [5, 5.41) is 2.05. The summed E-state index contributed by atoms with van der Waals surface area (Å²) in [6.45, 7) is 0.788. The Bertz CT molecular complexity index is 604. The minimum Gasteiger partial charge on any atom is -0.399 e. The van der Waals surface area contributed by atoms with E-state index in [4.69, 9.17) is 11.5 Å². The molecule has 2 aromatic rings. The molecular weight excluding hydrogens is 270 g/mol. The Labute approximate surface area is 122 Å². The zero-order chi connectivity index (χ0) is 14.1. The van der Waals surface area contributed by atoms with Crippen LogP contribution in [0.3, 0.4) is 0 Å². The van der Waals surface area contributed by atoms with Crippen LogP contribution in [0.2, 0.25) is 0 Å². The fourth-order valence-electron chi connectivity index (χ4n) is 2.75. The van der Waals surface area contributed by atoms with Crippen LogP contribution >= 0.6 is 11.3 Å². The van der Waals surface area contributed by atoms with Gasteiger partial charge in [0.25, 0.3) is 5.91 Å². The van der Waals surface area contributed by atoms with Crippen LogP contribution < -0.4 is 11.5 Å². The number of nitrogens with zero attached hydrogens (tertiary/aromatic N) is 1. The lowest BCUT2D eigenvalue weighted by Crippen LogP contribution is -2.30. The minimum atomic E-state index is 0.0138. The molecule has 0 aliphatic carbocycles. The molecule has 1 aliphatic heterocycles. The van der Waals surface area contributed by atoms with Crippen LogP contribution in [0.25, 0.3) is 0 Å². The van der Waals surface area contributed by atoms with Gasteiger partial charge in [0.1, 0.15) is 0 Å². The third-order valence-electron chi connectivity index (χ3n) is 3.61. The molecule has 5 heteroatoms. The monoisotopic (exact) mass is 287 g/mol. The summed E-state index contributed by atoms with van der Waals surface area (Å²) in [7, 11) is 0. The number of carbonyl (C=O) groups excluding carboxylic acids is 1. The van der Waals surface area contributed by atoms with Gasteiger partial charge in [-0.1, -0.05) is 6.07 Å². The first-order valence-electron chi connectivity index (χ1n) is 6.65. The average molecular weight is 287 g/mol. The molecule has 104 valence electrons. The third kappa shape index (κ3) is 2.36. The van der Waals surface area contributed by atoms with Crippen LogP contribution in [0.5, 0.6) is 0 Å². The summed E-state index contributed by atoms with van der Waals surface area (Å²) in [6, 6.07) is 9.36. The zero-order valence-electron chi connectivity index (χ0n) is 11.1. The number of hydrogen-bond donors (Lipinski definition) is 2. The van der Waals surface area contributed by atoms with Gasteiger partial charge in [0.2, 0.25) is 0 Å². The highest BCUT2D eigenvalue weighted by Crippen LogP contribution is 2.35. The van der Waals surface area contributed by atoms with E-state index in [-0.39, 0.29) is 11.9 Å². The number of nitrogens with two attached hydrogens (primary N) is 2. The summed E-state index contributed by atoms with van der Waals surface area (Å²) in [5.74, 6) is 0.0138. The van der Waals surface area contributed by atoms with E-state index in [1.54, 1.807) is 29.5 Å². The minimum absolute atomic E-state index is 0.0138. The van der Waals surface area contributed by atoms with Crippen molar-refractivity contribution in [2.75, 3.05) is 18.0 Å². The van der Waals surface area contributed by atoms with Crippen LogP contribution in [0.4, 0.5) is 11.4 Å². The Hall–Kier alpha value is -2.01. The fraction of sp³-hybridized carbons (Fsp3) is 0.267. The van der Waals surface area contributed by atoms with Crippen LogP contribution in [0, 0.1) is 0 Å². The van der Waals surface area contributed by atoms with Crippen molar-refractivity contribution >= 4 is 28.6 Å². The maximum Gasteiger partial charge on any atom is 0.254 e. The Morgan fingerprint density at radius 1 is 1.25 bits per heavy atom. The predicted octanol–water partition coefficient (Wildman–Crippen LogP) is 2.89. The van der Waals surface area contributed by atoms with Gasteiger partial charge in [-0.05, 0) is 42.5 Å². The van der Waals surface area contributed by atoms with E-state index in [1.165, 1.54) is 4.88 Å². The third-order valence-corrected chi connectivity index (χ3v) is 4.58. The van der Waals surface area contributed by atoms with Crippen LogP contribution in [-0.2, 0) is 0 Å². The van der Waals surface area contributed by atoms with Crippen molar-refractivity contribution in [1.82, 2.24) is 4.90 Å². The summed E-state index contributed by atoms with van der Waals surface area (Å²) >= 11 is 1.70. The first-order chi connectivity index (χ1) is 9.65. The van der Waals surface area contributed by atoms with Gasteiger partial charge in [0, 0.05) is 28.4 Å². The van der Waals surface area contributed by atoms with E-state index in [1.807, 2.05) is 11.0 Å². The van der Waals surface area contributed by atoms with Crippen molar-refractivity contribution in [3.05, 3.63) is 46.2 Å². The lowest BCUT2D eigenvalue weighted by Gasteiger charge is -2.24. The normalized spacial score (nSPS) is 18.4. The lowest BCUT2D eigenvalue weighted by molar-refractivity contribution is 0.0738. The predicted molar refractivity (Wildman–Crippen MR) is 82.6 cm³/mol. The van der Waals surface area contributed by atoms with Gasteiger partial charge in [-0.2, -0.15) is 0 Å². The summed E-state index contributed by atoms with van der Waals surface area (Å²) in [4.78, 5) is 15.9. The summed E-state index contributed by atoms with van der Waals surface area (Å²) in [5.41, 5.74) is 13.2. The molecule has 0 spiro atoms. The first-order valence-corrected chi connectivity index (χ1v) is 7.53. The van der Waals surface area contributed by atoms with Gasteiger partial charge >= 0.3 is 0 Å². The second kappa shape index (κ2) is 5.17. The molecule has 2 heterocycles. The summed E-state index contributed by atoms with van der Waals surface area (Å²) < 4.78 is 0. The molecule has 0 bridgehead atoms. The number of likely N-dealkylation sites (tertiary alicyclic amines) is 1. The SMILES string of the molecule is Nc1cc(N)cc(C(=O)N2CCCC2c2cccs2)c1. The second-order valence-electron chi connectivity index (χ2n) is 5.06. The molecule has 20 heavy (non-hydrogen) atoms. The average Bonchev–Trinajstić information content (AvgIpc) is 3.07. The van der Waals surface area contributed by atoms with Gasteiger partial charge in [-0.25, -0.2) is 0 Å². The van der Waals surface area contributed by atoms with Crippen molar-refractivity contribution in [3.63, 3.8) is 0 Å². The molecule has 0 saturated carbocycles. The molecule has 1 aromatic heterocycles. The smallest absolute Gasteiger partial charge is 0.254 e. The second-order valence-corrected chi connectivity index (χ2v) is 6.04. The highest BCUT2D eigenvalue weighted by atomic mass is 32.1. The fourth-order valence-corrected chi connectivity index (χ4v) is 3.63. The van der Waals surface area contributed by atoms with E-state index in [9.17, 15) is 4.79 Å². The standard InChI is InChI=1S/C15H17N3OS/c16-11-7-10(8-12(17)9-11)15(19)18-5-1-3-13(18)14-4-2-6-20-14/h2,4,6-9,13H,1,3,5,16-17H2. The van der Waals surface area contributed by atoms with Gasteiger partial charge in [-0.3, -0.25) is 4.79 Å². The maximum atomic E-state index is 12.7. The number of hydrogen-bond acceptors (Lipinski definition) is 4. The van der Waals surface area contributed by atoms with E-state index < -0.39 is 0 Å².